The molecular weight excluding hydrogens is 372 g/mol. The predicted octanol–water partition coefficient (Wildman–Crippen LogP) is 2.49. The van der Waals surface area contributed by atoms with Crippen LogP contribution >= 0.6 is 0 Å². The van der Waals surface area contributed by atoms with Crippen LogP contribution < -0.4 is 10.5 Å². The fraction of sp³-hybridized carbons (Fsp3) is 0.318. The van der Waals surface area contributed by atoms with E-state index in [1.54, 1.807) is 18.2 Å². The van der Waals surface area contributed by atoms with Crippen molar-refractivity contribution in [1.29, 1.82) is 0 Å². The van der Waals surface area contributed by atoms with Gasteiger partial charge in [-0.3, -0.25) is 14.4 Å². The molecule has 0 fully saturated rings. The van der Waals surface area contributed by atoms with Crippen LogP contribution in [0.5, 0.6) is 5.75 Å². The Labute approximate surface area is 169 Å². The zero-order valence-corrected chi connectivity index (χ0v) is 16.4. The molecule has 1 aliphatic heterocycles. The topological polar surface area (TPSA) is 110 Å². The summed E-state index contributed by atoms with van der Waals surface area (Å²) in [5.74, 6) is -2.35. The zero-order chi connectivity index (χ0) is 21.1. The molecule has 3 rings (SSSR count). The maximum absolute atomic E-state index is 12.9. The number of primary amides is 1. The Balaban J connectivity index is 1.81. The van der Waals surface area contributed by atoms with E-state index in [1.807, 2.05) is 31.2 Å². The van der Waals surface area contributed by atoms with Gasteiger partial charge in [0.15, 0.2) is 0 Å². The third kappa shape index (κ3) is 4.39. The molecule has 2 amide bonds. The second-order valence-corrected chi connectivity index (χ2v) is 7.39. The Hall–Kier alpha value is -3.35. The van der Waals surface area contributed by atoms with Gasteiger partial charge in [-0.1, -0.05) is 42.8 Å². The van der Waals surface area contributed by atoms with E-state index in [0.717, 1.165) is 11.1 Å². The molecule has 2 aromatic rings. The maximum atomic E-state index is 12.9. The van der Waals surface area contributed by atoms with Crippen molar-refractivity contribution in [2.75, 3.05) is 0 Å². The molecule has 0 bridgehead atoms. The zero-order valence-electron chi connectivity index (χ0n) is 16.4. The van der Waals surface area contributed by atoms with E-state index in [9.17, 15) is 14.4 Å². The molecule has 2 aromatic carbocycles. The summed E-state index contributed by atoms with van der Waals surface area (Å²) in [6.07, 6.45) is -0.0378. The Morgan fingerprint density at radius 1 is 1.24 bits per heavy atom. The molecule has 0 saturated carbocycles. The Kier molecular flexibility index (Phi) is 5.87. The van der Waals surface area contributed by atoms with Crippen molar-refractivity contribution in [3.63, 3.8) is 0 Å². The van der Waals surface area contributed by atoms with Gasteiger partial charge in [0.05, 0.1) is 12.5 Å². The lowest BCUT2D eigenvalue weighted by Gasteiger charge is -2.26. The number of aliphatic carboxylic acids is 1. The number of carboxylic acids is 1. The molecule has 1 heterocycles. The summed E-state index contributed by atoms with van der Waals surface area (Å²) < 4.78 is 5.96. The number of nitrogens with zero attached hydrogens (tertiary/aromatic N) is 1. The van der Waals surface area contributed by atoms with E-state index in [2.05, 4.69) is 0 Å². The van der Waals surface area contributed by atoms with E-state index in [0.29, 0.717) is 23.5 Å². The number of carboxylic acid groups (broad SMARTS) is 1. The molecule has 152 valence electrons. The van der Waals surface area contributed by atoms with Crippen LogP contribution in [-0.4, -0.2) is 33.8 Å². The smallest absolute Gasteiger partial charge is 0.306 e. The van der Waals surface area contributed by atoms with Gasteiger partial charge in [-0.2, -0.15) is 0 Å². The summed E-state index contributed by atoms with van der Waals surface area (Å²) in [4.78, 5) is 37.4. The second kappa shape index (κ2) is 8.34. The number of carbonyl (C=O) groups is 3. The van der Waals surface area contributed by atoms with Crippen molar-refractivity contribution < 1.29 is 24.2 Å². The molecule has 2 unspecified atom stereocenters. The van der Waals surface area contributed by atoms with Crippen molar-refractivity contribution in [1.82, 2.24) is 4.90 Å². The fourth-order valence-electron chi connectivity index (χ4n) is 3.51. The van der Waals surface area contributed by atoms with Crippen molar-refractivity contribution in [3.8, 4) is 5.75 Å². The minimum atomic E-state index is -1.04. The summed E-state index contributed by atoms with van der Waals surface area (Å²) in [6, 6.07) is 12.1. The summed E-state index contributed by atoms with van der Waals surface area (Å²) in [5.41, 5.74) is 8.75. The highest BCUT2D eigenvalue weighted by atomic mass is 16.5. The number of fused-ring (bicyclic) bond motifs is 1. The number of rotatable bonds is 8. The lowest BCUT2D eigenvalue weighted by molar-refractivity contribution is -0.142. The highest BCUT2D eigenvalue weighted by Crippen LogP contribution is 2.33. The van der Waals surface area contributed by atoms with Crippen LogP contribution in [0.1, 0.15) is 40.4 Å². The number of hydrogen-bond donors (Lipinski definition) is 2. The number of hydrogen-bond acceptors (Lipinski definition) is 4. The van der Waals surface area contributed by atoms with Gasteiger partial charge >= 0.3 is 5.97 Å². The van der Waals surface area contributed by atoms with Gasteiger partial charge in [0.2, 0.25) is 5.91 Å². The molecule has 0 radical (unpaired) electrons. The van der Waals surface area contributed by atoms with E-state index < -0.39 is 23.8 Å². The van der Waals surface area contributed by atoms with Crippen LogP contribution in [0.3, 0.4) is 0 Å². The SMILES string of the molecule is Cc1cccc(COc2cccc3c2CN(C(CC(C)C(=O)O)C(N)=O)C3=O)c1. The molecule has 2 atom stereocenters. The molecule has 0 aromatic heterocycles. The van der Waals surface area contributed by atoms with Crippen molar-refractivity contribution in [2.45, 2.75) is 39.5 Å². The van der Waals surface area contributed by atoms with Gasteiger partial charge in [-0.05, 0) is 31.0 Å². The molecule has 1 aliphatic rings. The molecule has 7 nitrogen and oxygen atoms in total. The first-order chi connectivity index (χ1) is 13.8. The number of benzene rings is 2. The summed E-state index contributed by atoms with van der Waals surface area (Å²) >= 11 is 0. The quantitative estimate of drug-likeness (QED) is 0.712. The number of ether oxygens (including phenoxy) is 1. The first-order valence-electron chi connectivity index (χ1n) is 9.41. The maximum Gasteiger partial charge on any atom is 0.306 e. The average molecular weight is 396 g/mol. The Morgan fingerprint density at radius 2 is 1.97 bits per heavy atom. The van der Waals surface area contributed by atoms with Gasteiger partial charge < -0.3 is 20.5 Å². The molecule has 3 N–H and O–H groups in total. The van der Waals surface area contributed by atoms with Crippen LogP contribution in [0, 0.1) is 12.8 Å². The standard InChI is InChI=1S/C22H24N2O5/c1-13-5-3-6-15(9-13)12-29-19-8-4-7-16-17(19)11-24(21(16)26)18(20(23)25)10-14(2)22(27)28/h3-9,14,18H,10-12H2,1-2H3,(H2,23,25)(H,27,28). The molecule has 0 saturated heterocycles. The molecule has 29 heavy (non-hydrogen) atoms. The van der Waals surface area contributed by atoms with E-state index in [4.69, 9.17) is 15.6 Å². The average Bonchev–Trinajstić information content (AvgIpc) is 3.01. The normalized spacial score (nSPS) is 15.0. The fourth-order valence-corrected chi connectivity index (χ4v) is 3.51. The highest BCUT2D eigenvalue weighted by Gasteiger charge is 2.38. The van der Waals surface area contributed by atoms with Gasteiger partial charge in [0, 0.05) is 11.1 Å². The van der Waals surface area contributed by atoms with Gasteiger partial charge in [-0.25, -0.2) is 0 Å². The summed E-state index contributed by atoms with van der Waals surface area (Å²) in [7, 11) is 0. The van der Waals surface area contributed by atoms with Gasteiger partial charge in [0.25, 0.3) is 5.91 Å². The van der Waals surface area contributed by atoms with Crippen LogP contribution in [0.4, 0.5) is 0 Å². The second-order valence-electron chi connectivity index (χ2n) is 7.39. The lowest BCUT2D eigenvalue weighted by atomic mass is 10.0. The van der Waals surface area contributed by atoms with Crippen LogP contribution in [0.2, 0.25) is 0 Å². The summed E-state index contributed by atoms with van der Waals surface area (Å²) in [6.45, 7) is 3.99. The van der Waals surface area contributed by atoms with Crippen molar-refractivity contribution in [3.05, 3.63) is 64.7 Å². The van der Waals surface area contributed by atoms with E-state index >= 15 is 0 Å². The third-order valence-corrected chi connectivity index (χ3v) is 5.13. The Morgan fingerprint density at radius 3 is 2.62 bits per heavy atom. The molecule has 7 heteroatoms. The molecule has 0 spiro atoms. The number of carbonyl (C=O) groups excluding carboxylic acids is 2. The van der Waals surface area contributed by atoms with Crippen molar-refractivity contribution >= 4 is 17.8 Å². The summed E-state index contributed by atoms with van der Waals surface area (Å²) in [5, 5.41) is 9.16. The van der Waals surface area contributed by atoms with Crippen LogP contribution in [-0.2, 0) is 22.7 Å². The Bertz CT molecular complexity index is 956. The number of amides is 2. The molecule has 0 aliphatic carbocycles. The number of nitrogens with two attached hydrogens (primary N) is 1. The first kappa shape index (κ1) is 20.4. The molecular formula is C22H24N2O5. The van der Waals surface area contributed by atoms with Crippen LogP contribution in [0.25, 0.3) is 0 Å². The third-order valence-electron chi connectivity index (χ3n) is 5.13. The number of aryl methyl sites for hydroxylation is 1. The first-order valence-corrected chi connectivity index (χ1v) is 9.41. The van der Waals surface area contributed by atoms with E-state index in [1.165, 1.54) is 11.8 Å². The van der Waals surface area contributed by atoms with E-state index in [-0.39, 0.29) is 18.9 Å². The van der Waals surface area contributed by atoms with Crippen LogP contribution in [0.15, 0.2) is 42.5 Å². The van der Waals surface area contributed by atoms with Crippen molar-refractivity contribution in [2.24, 2.45) is 11.7 Å². The van der Waals surface area contributed by atoms with Gasteiger partial charge in [-0.15, -0.1) is 0 Å². The lowest BCUT2D eigenvalue weighted by Crippen LogP contribution is -2.46. The monoisotopic (exact) mass is 396 g/mol. The minimum Gasteiger partial charge on any atom is -0.489 e. The largest absolute Gasteiger partial charge is 0.489 e. The highest BCUT2D eigenvalue weighted by molar-refractivity contribution is 6.01. The van der Waals surface area contributed by atoms with Gasteiger partial charge in [0.1, 0.15) is 18.4 Å². The predicted molar refractivity (Wildman–Crippen MR) is 106 cm³/mol. The minimum absolute atomic E-state index is 0.0378.